The van der Waals surface area contributed by atoms with E-state index < -0.39 is 0 Å². The Hall–Kier alpha value is -0.830. The molecule has 3 nitrogen and oxygen atoms in total. The number of rotatable bonds is 1. The zero-order valence-electron chi connectivity index (χ0n) is 9.21. The van der Waals surface area contributed by atoms with E-state index in [0.717, 1.165) is 25.1 Å². The monoisotopic (exact) mass is 205 g/mol. The van der Waals surface area contributed by atoms with Crippen molar-refractivity contribution in [1.82, 2.24) is 9.78 Å². The van der Waals surface area contributed by atoms with E-state index in [1.165, 1.54) is 37.8 Å². The van der Waals surface area contributed by atoms with Crippen molar-refractivity contribution in [2.45, 2.75) is 57.0 Å². The van der Waals surface area contributed by atoms with Crippen LogP contribution >= 0.6 is 0 Å². The third-order valence-electron chi connectivity index (χ3n) is 3.92. The van der Waals surface area contributed by atoms with E-state index in [2.05, 4.69) is 15.8 Å². The lowest BCUT2D eigenvalue weighted by Gasteiger charge is -2.31. The second-order valence-electron chi connectivity index (χ2n) is 5.06. The minimum atomic E-state index is -0.115. The summed E-state index contributed by atoms with van der Waals surface area (Å²) in [5.74, 6) is 0. The molecule has 3 heteroatoms. The summed E-state index contributed by atoms with van der Waals surface area (Å²) in [5.41, 5.74) is 8.89. The van der Waals surface area contributed by atoms with Crippen LogP contribution in [0.3, 0.4) is 0 Å². The first kappa shape index (κ1) is 9.40. The molecule has 3 rings (SSSR count). The van der Waals surface area contributed by atoms with Gasteiger partial charge in [-0.05, 0) is 31.7 Å². The maximum atomic E-state index is 6.47. The Balaban J connectivity index is 1.91. The Morgan fingerprint density at radius 3 is 2.73 bits per heavy atom. The molecule has 2 N–H and O–H groups in total. The Kier molecular flexibility index (Phi) is 2.09. The first-order chi connectivity index (χ1) is 7.28. The molecule has 1 aromatic rings. The molecule has 0 bridgehead atoms. The van der Waals surface area contributed by atoms with Gasteiger partial charge in [-0.15, -0.1) is 0 Å². The molecular formula is C12H19N3. The summed E-state index contributed by atoms with van der Waals surface area (Å²) in [6, 6.07) is 2.25. The molecule has 0 radical (unpaired) electrons. The summed E-state index contributed by atoms with van der Waals surface area (Å²) in [7, 11) is 0. The van der Waals surface area contributed by atoms with Gasteiger partial charge in [0.2, 0.25) is 0 Å². The van der Waals surface area contributed by atoms with Crippen LogP contribution in [0, 0.1) is 0 Å². The van der Waals surface area contributed by atoms with Gasteiger partial charge in [-0.25, -0.2) is 0 Å². The van der Waals surface area contributed by atoms with Crippen molar-refractivity contribution in [3.05, 3.63) is 17.5 Å². The molecule has 1 aliphatic heterocycles. The van der Waals surface area contributed by atoms with Crippen LogP contribution in [-0.4, -0.2) is 9.78 Å². The van der Waals surface area contributed by atoms with Crippen LogP contribution in [0.5, 0.6) is 0 Å². The quantitative estimate of drug-likeness (QED) is 0.761. The smallest absolute Gasteiger partial charge is 0.0826 e. The second kappa shape index (κ2) is 3.34. The standard InChI is InChI=1S/C12H19N3/c13-12(6-2-1-3-7-12)11-9-10-5-4-8-15(10)14-11/h9H,1-8,13H2. The van der Waals surface area contributed by atoms with Crippen molar-refractivity contribution in [3.63, 3.8) is 0 Å². The minimum absolute atomic E-state index is 0.115. The van der Waals surface area contributed by atoms with Crippen LogP contribution in [-0.2, 0) is 18.5 Å². The van der Waals surface area contributed by atoms with E-state index in [9.17, 15) is 0 Å². The van der Waals surface area contributed by atoms with Gasteiger partial charge in [0.15, 0.2) is 0 Å². The largest absolute Gasteiger partial charge is 0.320 e. The zero-order chi connectivity index (χ0) is 10.3. The minimum Gasteiger partial charge on any atom is -0.320 e. The molecule has 1 saturated carbocycles. The molecule has 0 aromatic carbocycles. The molecule has 0 unspecified atom stereocenters. The van der Waals surface area contributed by atoms with Crippen molar-refractivity contribution in [2.24, 2.45) is 5.73 Å². The van der Waals surface area contributed by atoms with Crippen molar-refractivity contribution in [1.29, 1.82) is 0 Å². The molecule has 0 spiro atoms. The zero-order valence-corrected chi connectivity index (χ0v) is 9.21. The molecule has 0 atom stereocenters. The predicted octanol–water partition coefficient (Wildman–Crippen LogP) is 1.95. The maximum Gasteiger partial charge on any atom is 0.0826 e. The van der Waals surface area contributed by atoms with Crippen molar-refractivity contribution >= 4 is 0 Å². The molecular weight excluding hydrogens is 186 g/mol. The van der Waals surface area contributed by atoms with E-state index in [0.29, 0.717) is 0 Å². The van der Waals surface area contributed by atoms with Gasteiger partial charge in [0, 0.05) is 12.2 Å². The number of hydrogen-bond acceptors (Lipinski definition) is 2. The number of aryl methyl sites for hydroxylation is 2. The highest BCUT2D eigenvalue weighted by Crippen LogP contribution is 2.35. The molecule has 1 aromatic heterocycles. The summed E-state index contributed by atoms with van der Waals surface area (Å²) in [4.78, 5) is 0. The van der Waals surface area contributed by atoms with Crippen LogP contribution < -0.4 is 5.73 Å². The summed E-state index contributed by atoms with van der Waals surface area (Å²) in [5, 5.41) is 4.68. The topological polar surface area (TPSA) is 43.8 Å². The van der Waals surface area contributed by atoms with E-state index in [1.807, 2.05) is 0 Å². The van der Waals surface area contributed by atoms with Gasteiger partial charge in [-0.3, -0.25) is 4.68 Å². The lowest BCUT2D eigenvalue weighted by Crippen LogP contribution is -2.39. The van der Waals surface area contributed by atoms with E-state index in [4.69, 9.17) is 5.73 Å². The van der Waals surface area contributed by atoms with Crippen LogP contribution in [0.4, 0.5) is 0 Å². The van der Waals surface area contributed by atoms with Crippen molar-refractivity contribution < 1.29 is 0 Å². The average Bonchev–Trinajstić information content (AvgIpc) is 2.77. The van der Waals surface area contributed by atoms with Crippen LogP contribution in [0.2, 0.25) is 0 Å². The number of nitrogens with zero attached hydrogens (tertiary/aromatic N) is 2. The average molecular weight is 205 g/mol. The first-order valence-electron chi connectivity index (χ1n) is 6.14. The number of aromatic nitrogens is 2. The fourth-order valence-electron chi connectivity index (χ4n) is 2.94. The molecule has 0 amide bonds. The highest BCUT2D eigenvalue weighted by atomic mass is 15.3. The Morgan fingerprint density at radius 1 is 1.20 bits per heavy atom. The molecule has 1 fully saturated rings. The van der Waals surface area contributed by atoms with E-state index >= 15 is 0 Å². The van der Waals surface area contributed by atoms with Gasteiger partial charge in [0.1, 0.15) is 0 Å². The molecule has 0 saturated heterocycles. The number of fused-ring (bicyclic) bond motifs is 1. The van der Waals surface area contributed by atoms with Gasteiger partial charge >= 0.3 is 0 Å². The fourth-order valence-corrected chi connectivity index (χ4v) is 2.94. The number of hydrogen-bond donors (Lipinski definition) is 1. The fraction of sp³-hybridized carbons (Fsp3) is 0.750. The van der Waals surface area contributed by atoms with Crippen molar-refractivity contribution in [2.75, 3.05) is 0 Å². The lowest BCUT2D eigenvalue weighted by atomic mass is 9.80. The van der Waals surface area contributed by atoms with E-state index in [1.54, 1.807) is 0 Å². The third kappa shape index (κ3) is 1.49. The molecule has 1 aliphatic carbocycles. The van der Waals surface area contributed by atoms with Gasteiger partial charge in [0.25, 0.3) is 0 Å². The maximum absolute atomic E-state index is 6.47. The SMILES string of the molecule is NC1(c2cc3n(n2)CCC3)CCCCC1. The summed E-state index contributed by atoms with van der Waals surface area (Å²) in [6.45, 7) is 1.09. The second-order valence-corrected chi connectivity index (χ2v) is 5.06. The van der Waals surface area contributed by atoms with Crippen LogP contribution in [0.15, 0.2) is 6.07 Å². The molecule has 2 aliphatic rings. The summed E-state index contributed by atoms with van der Waals surface area (Å²) < 4.78 is 2.15. The third-order valence-corrected chi connectivity index (χ3v) is 3.92. The van der Waals surface area contributed by atoms with Crippen LogP contribution in [0.25, 0.3) is 0 Å². The molecule has 2 heterocycles. The Morgan fingerprint density at radius 2 is 2.00 bits per heavy atom. The van der Waals surface area contributed by atoms with Gasteiger partial charge in [-0.1, -0.05) is 19.3 Å². The summed E-state index contributed by atoms with van der Waals surface area (Å²) in [6.07, 6.45) is 8.53. The predicted molar refractivity (Wildman–Crippen MR) is 59.5 cm³/mol. The van der Waals surface area contributed by atoms with Crippen LogP contribution in [0.1, 0.15) is 49.9 Å². The van der Waals surface area contributed by atoms with Gasteiger partial charge in [0.05, 0.1) is 11.2 Å². The first-order valence-corrected chi connectivity index (χ1v) is 6.14. The highest BCUT2D eigenvalue weighted by molar-refractivity contribution is 5.21. The van der Waals surface area contributed by atoms with E-state index in [-0.39, 0.29) is 5.54 Å². The molecule has 82 valence electrons. The molecule has 15 heavy (non-hydrogen) atoms. The highest BCUT2D eigenvalue weighted by Gasteiger charge is 2.33. The van der Waals surface area contributed by atoms with Gasteiger partial charge in [-0.2, -0.15) is 5.10 Å². The van der Waals surface area contributed by atoms with Gasteiger partial charge < -0.3 is 5.73 Å². The normalized spacial score (nSPS) is 24.1. The van der Waals surface area contributed by atoms with Crippen molar-refractivity contribution in [3.8, 4) is 0 Å². The summed E-state index contributed by atoms with van der Waals surface area (Å²) >= 11 is 0. The Bertz CT molecular complexity index is 339. The lowest BCUT2D eigenvalue weighted by molar-refractivity contribution is 0.292. The number of nitrogens with two attached hydrogens (primary N) is 1. The Labute approximate surface area is 90.7 Å².